The maximum atomic E-state index is 13.8. The molecule has 0 saturated heterocycles. The zero-order chi connectivity index (χ0) is 24.8. The van der Waals surface area contributed by atoms with Gasteiger partial charge >= 0.3 is 0 Å². The Kier molecular flexibility index (Phi) is 9.30. The summed E-state index contributed by atoms with van der Waals surface area (Å²) in [6.07, 6.45) is -0.0359. The number of nitrogens with one attached hydrogen (secondary N) is 3. The van der Waals surface area contributed by atoms with Gasteiger partial charge in [0.05, 0.1) is 12.5 Å². The number of benzene rings is 2. The van der Waals surface area contributed by atoms with E-state index in [1.54, 1.807) is 26.3 Å². The molecule has 7 nitrogen and oxygen atoms in total. The van der Waals surface area contributed by atoms with Gasteiger partial charge in [0.15, 0.2) is 5.15 Å². The number of hydrogen-bond acceptors (Lipinski definition) is 4. The third-order valence-electron chi connectivity index (χ3n) is 5.17. The molecule has 0 aliphatic rings. The lowest BCUT2D eigenvalue weighted by Crippen LogP contribution is -2.56. The number of alkyl halides is 1. The van der Waals surface area contributed by atoms with E-state index < -0.39 is 40.2 Å². The highest BCUT2D eigenvalue weighted by Crippen LogP contribution is 2.28. The van der Waals surface area contributed by atoms with E-state index in [2.05, 4.69) is 10.6 Å². The summed E-state index contributed by atoms with van der Waals surface area (Å²) in [7, 11) is 3.95. The number of carbonyl (C=O) groups excluding carboxylic acids is 3. The lowest BCUT2D eigenvalue weighted by atomic mass is 9.85. The lowest BCUT2D eigenvalue weighted by molar-refractivity contribution is -0.137. The largest absolute Gasteiger partial charge is 0.350 e. The van der Waals surface area contributed by atoms with E-state index in [4.69, 9.17) is 5.21 Å². The summed E-state index contributed by atoms with van der Waals surface area (Å²) >= 11 is 0. The first-order valence-corrected chi connectivity index (χ1v) is 11.7. The van der Waals surface area contributed by atoms with E-state index in [0.29, 0.717) is 0 Å². The van der Waals surface area contributed by atoms with Crippen molar-refractivity contribution in [3.05, 3.63) is 48.0 Å². The van der Waals surface area contributed by atoms with Gasteiger partial charge in [-0.05, 0) is 28.2 Å². The first-order valence-electron chi connectivity index (χ1n) is 10.6. The third kappa shape index (κ3) is 8.62. The van der Waals surface area contributed by atoms with Crippen LogP contribution < -0.4 is 16.1 Å². The quantitative estimate of drug-likeness (QED) is 0.244. The lowest BCUT2D eigenvalue weighted by Gasteiger charge is -2.32. The second-order valence-electron chi connectivity index (χ2n) is 9.27. The Hall–Kier alpha value is -2.14. The number of fused-ring (bicyclic) bond motifs is 1. The molecule has 0 spiro atoms. The number of amides is 3. The van der Waals surface area contributed by atoms with Crippen molar-refractivity contribution >= 4 is 47.0 Å². The molecule has 0 aliphatic carbocycles. The predicted octanol–water partition coefficient (Wildman–Crippen LogP) is 2.91. The van der Waals surface area contributed by atoms with Crippen molar-refractivity contribution in [2.75, 3.05) is 6.54 Å². The number of hydroxylamine groups is 1. The summed E-state index contributed by atoms with van der Waals surface area (Å²) in [5.74, 6) is -2.58. The first kappa shape index (κ1) is 27.1. The molecule has 0 heterocycles. The van der Waals surface area contributed by atoms with Crippen LogP contribution in [0.3, 0.4) is 0 Å². The second kappa shape index (κ2) is 11.3. The van der Waals surface area contributed by atoms with E-state index in [1.807, 2.05) is 60.9 Å². The van der Waals surface area contributed by atoms with Crippen molar-refractivity contribution in [3.8, 4) is 0 Å². The van der Waals surface area contributed by atoms with E-state index in [-0.39, 0.29) is 19.4 Å². The van der Waals surface area contributed by atoms with Gasteiger partial charge in [-0.15, -0.1) is 0 Å². The Balaban J connectivity index is 2.24. The number of hydrogen-bond donors (Lipinski definition) is 4. The molecule has 0 bridgehead atoms. The molecular weight excluding hydrogens is 463 g/mol. The van der Waals surface area contributed by atoms with Crippen LogP contribution in [0.5, 0.6) is 0 Å². The fraction of sp³-hybridized carbons (Fsp3) is 0.435. The van der Waals surface area contributed by atoms with Crippen LogP contribution >= 0.6 is 18.5 Å². The van der Waals surface area contributed by atoms with Gasteiger partial charge in [-0.1, -0.05) is 81.7 Å². The van der Waals surface area contributed by atoms with Crippen LogP contribution in [0.2, 0.25) is 0 Å². The van der Waals surface area contributed by atoms with Crippen LogP contribution in [0, 0.1) is 11.3 Å². The molecule has 4 atom stereocenters. The summed E-state index contributed by atoms with van der Waals surface area (Å²) in [5, 5.41) is 14.5. The molecule has 0 aromatic heterocycles. The van der Waals surface area contributed by atoms with Crippen molar-refractivity contribution in [3.63, 3.8) is 0 Å². The molecule has 0 saturated carbocycles. The topological polar surface area (TPSA) is 108 Å². The van der Waals surface area contributed by atoms with E-state index in [1.165, 1.54) is 0 Å². The first-order chi connectivity index (χ1) is 15.3. The Morgan fingerprint density at radius 3 is 2.24 bits per heavy atom. The average Bonchev–Trinajstić information content (AvgIpc) is 2.73. The summed E-state index contributed by atoms with van der Waals surface area (Å²) in [6.45, 7) is 5.07. The zero-order valence-electron chi connectivity index (χ0n) is 19.0. The Morgan fingerprint density at radius 1 is 1.03 bits per heavy atom. The Bertz CT molecular complexity index is 1010. The Labute approximate surface area is 198 Å². The third-order valence-corrected chi connectivity index (χ3v) is 5.58. The van der Waals surface area contributed by atoms with Crippen molar-refractivity contribution in [2.24, 2.45) is 11.3 Å². The molecule has 2 aromatic rings. The molecule has 2 aromatic carbocycles. The minimum absolute atomic E-state index is 0.230. The van der Waals surface area contributed by atoms with Gasteiger partial charge in [-0.2, -0.15) is 0 Å². The molecule has 0 aliphatic heterocycles. The van der Waals surface area contributed by atoms with Crippen molar-refractivity contribution in [1.29, 1.82) is 0 Å². The van der Waals surface area contributed by atoms with Crippen molar-refractivity contribution < 1.29 is 24.0 Å². The summed E-state index contributed by atoms with van der Waals surface area (Å²) in [6, 6.07) is 12.6. The van der Waals surface area contributed by atoms with Crippen LogP contribution in [0.25, 0.3) is 10.8 Å². The highest BCUT2D eigenvalue weighted by atomic mass is 31.1. The van der Waals surface area contributed by atoms with Gasteiger partial charge in [0.2, 0.25) is 17.7 Å². The molecule has 33 heavy (non-hydrogen) atoms. The second-order valence-corrected chi connectivity index (χ2v) is 11.9. The zero-order valence-corrected chi connectivity index (χ0v) is 21.3. The molecule has 0 fully saturated rings. The van der Waals surface area contributed by atoms with Crippen molar-refractivity contribution in [2.45, 2.75) is 44.8 Å². The van der Waals surface area contributed by atoms with Gasteiger partial charge in [-0.25, -0.2) is 9.87 Å². The fourth-order valence-electron chi connectivity index (χ4n) is 3.44. The van der Waals surface area contributed by atoms with E-state index in [9.17, 15) is 18.8 Å². The smallest absolute Gasteiger partial charge is 0.244 e. The monoisotopic (exact) mass is 495 g/mol. The molecule has 3 amide bonds. The van der Waals surface area contributed by atoms with Crippen LogP contribution in [-0.4, -0.2) is 40.7 Å². The normalized spacial score (nSPS) is 13.8. The maximum absolute atomic E-state index is 13.8. The predicted molar refractivity (Wildman–Crippen MR) is 133 cm³/mol. The Morgan fingerprint density at radius 2 is 1.67 bits per heavy atom. The number of carbonyl (C=O) groups is 3. The SMILES string of the molecule is CC(C)(C)C(NC(=O)C(CC(=O)NO)Cc1ccc2ccccc2c1)C(=O)NCC(F)(P)P. The molecule has 4 unspecified atom stereocenters. The van der Waals surface area contributed by atoms with Gasteiger partial charge in [-0.3, -0.25) is 19.6 Å². The summed E-state index contributed by atoms with van der Waals surface area (Å²) < 4.78 is 13.8. The number of rotatable bonds is 9. The van der Waals surface area contributed by atoms with Crippen LogP contribution in [0.1, 0.15) is 32.8 Å². The minimum Gasteiger partial charge on any atom is -0.350 e. The number of halogens is 1. The highest BCUT2D eigenvalue weighted by molar-refractivity contribution is 7.39. The summed E-state index contributed by atoms with van der Waals surface area (Å²) in [4.78, 5) is 37.8. The molecule has 0 radical (unpaired) electrons. The van der Waals surface area contributed by atoms with Crippen molar-refractivity contribution in [1.82, 2.24) is 16.1 Å². The standard InChI is InChI=1S/C23H32FN3O4P2/c1-22(2,3)19(21(30)25-13-23(24,32)33)26-20(29)17(12-18(28)27-31)11-14-8-9-15-6-4-5-7-16(15)10-14/h4-10,17,19,31H,11-13,32-33H2,1-3H3,(H,25,30)(H,26,29)(H,27,28). The maximum Gasteiger partial charge on any atom is 0.244 e. The van der Waals surface area contributed by atoms with Crippen LogP contribution in [0.15, 0.2) is 42.5 Å². The molecule has 4 N–H and O–H groups in total. The van der Waals surface area contributed by atoms with Gasteiger partial charge in [0.1, 0.15) is 6.04 Å². The average molecular weight is 495 g/mol. The van der Waals surface area contributed by atoms with Gasteiger partial charge in [0, 0.05) is 6.42 Å². The molecular formula is C23H32FN3O4P2. The van der Waals surface area contributed by atoms with Gasteiger partial charge < -0.3 is 10.6 Å². The highest BCUT2D eigenvalue weighted by Gasteiger charge is 2.35. The van der Waals surface area contributed by atoms with Gasteiger partial charge in [0.25, 0.3) is 0 Å². The fourth-order valence-corrected chi connectivity index (χ4v) is 3.64. The van der Waals surface area contributed by atoms with E-state index in [0.717, 1.165) is 16.3 Å². The molecule has 2 rings (SSSR count). The van der Waals surface area contributed by atoms with Crippen LogP contribution in [-0.2, 0) is 20.8 Å². The molecule has 10 heteroatoms. The summed E-state index contributed by atoms with van der Waals surface area (Å²) in [5.41, 5.74) is 1.73. The molecule has 180 valence electrons. The minimum atomic E-state index is -1.76. The van der Waals surface area contributed by atoms with Crippen LogP contribution in [0.4, 0.5) is 4.39 Å². The van der Waals surface area contributed by atoms with E-state index >= 15 is 0 Å².